The second kappa shape index (κ2) is 1.76. The van der Waals surface area contributed by atoms with Crippen molar-refractivity contribution in [2.24, 2.45) is 5.41 Å². The number of hydrogen-bond donors (Lipinski definition) is 0. The van der Waals surface area contributed by atoms with Gasteiger partial charge in [-0.2, -0.15) is 0 Å². The third-order valence-corrected chi connectivity index (χ3v) is 3.36. The zero-order chi connectivity index (χ0) is 7.35. The fourth-order valence-corrected chi connectivity index (χ4v) is 2.75. The first-order valence-corrected chi connectivity index (χ1v) is 4.35. The Balaban J connectivity index is 2.12. The van der Waals surface area contributed by atoms with Crippen LogP contribution >= 0.6 is 0 Å². The highest BCUT2D eigenvalue weighted by Gasteiger charge is 2.54. The number of hydrogen-bond acceptors (Lipinski definition) is 1. The van der Waals surface area contributed by atoms with E-state index in [1.54, 1.807) is 0 Å². The second-order valence-electron chi connectivity index (χ2n) is 4.56. The third-order valence-electron chi connectivity index (χ3n) is 3.36. The maximum atomic E-state index is 2.53. The predicted molar refractivity (Wildman–Crippen MR) is 43.0 cm³/mol. The molecule has 1 heteroatoms. The van der Waals surface area contributed by atoms with Crippen molar-refractivity contribution < 1.29 is 0 Å². The predicted octanol–water partition coefficient (Wildman–Crippen LogP) is 1.88. The Morgan fingerprint density at radius 1 is 1.40 bits per heavy atom. The van der Waals surface area contributed by atoms with Crippen LogP contribution in [0.15, 0.2) is 0 Å². The molecule has 1 heterocycles. The second-order valence-corrected chi connectivity index (χ2v) is 4.56. The Bertz CT molecular complexity index is 151. The van der Waals surface area contributed by atoms with Gasteiger partial charge < -0.3 is 0 Å². The summed E-state index contributed by atoms with van der Waals surface area (Å²) in [6.07, 6.45) is 4.32. The minimum absolute atomic E-state index is 0.609. The number of likely N-dealkylation sites (tertiary alicyclic amines) is 1. The number of likely N-dealkylation sites (N-methyl/N-ethyl adjacent to an activating group) is 1. The molecule has 3 unspecified atom stereocenters. The molecule has 10 heavy (non-hydrogen) atoms. The van der Waals surface area contributed by atoms with Gasteiger partial charge in [-0.15, -0.1) is 0 Å². The molecule has 0 bridgehead atoms. The molecule has 2 rings (SSSR count). The van der Waals surface area contributed by atoms with Gasteiger partial charge in [0.15, 0.2) is 0 Å². The van der Waals surface area contributed by atoms with Crippen molar-refractivity contribution in [2.75, 3.05) is 7.05 Å². The lowest BCUT2D eigenvalue weighted by atomic mass is 9.77. The molecule has 58 valence electrons. The Morgan fingerprint density at radius 2 is 2.10 bits per heavy atom. The van der Waals surface area contributed by atoms with Crippen LogP contribution in [0, 0.1) is 5.41 Å². The lowest BCUT2D eigenvalue weighted by Crippen LogP contribution is -2.25. The van der Waals surface area contributed by atoms with Crippen LogP contribution in [0.3, 0.4) is 0 Å². The summed E-state index contributed by atoms with van der Waals surface area (Å²) in [5.41, 5.74) is 0.609. The van der Waals surface area contributed by atoms with Gasteiger partial charge in [0, 0.05) is 12.1 Å². The van der Waals surface area contributed by atoms with Gasteiger partial charge in [0.05, 0.1) is 0 Å². The smallest absolute Gasteiger partial charge is 0.0303 e. The molecular weight excluding hydrogens is 122 g/mol. The molecule has 1 saturated carbocycles. The molecule has 1 nitrogen and oxygen atoms in total. The van der Waals surface area contributed by atoms with E-state index in [0.29, 0.717) is 5.41 Å². The summed E-state index contributed by atoms with van der Waals surface area (Å²) in [4.78, 5) is 2.53. The van der Waals surface area contributed by atoms with Crippen LogP contribution in [0.1, 0.15) is 33.1 Å². The van der Waals surface area contributed by atoms with Gasteiger partial charge in [-0.25, -0.2) is 0 Å². The van der Waals surface area contributed by atoms with Crippen molar-refractivity contribution >= 4 is 0 Å². The maximum Gasteiger partial charge on any atom is 0.0303 e. The summed E-state index contributed by atoms with van der Waals surface area (Å²) in [5, 5.41) is 0. The SMILES string of the molecule is CN1C2CCCC(C)(C)C21. The van der Waals surface area contributed by atoms with Crippen LogP contribution in [-0.4, -0.2) is 24.0 Å². The van der Waals surface area contributed by atoms with Gasteiger partial charge >= 0.3 is 0 Å². The average molecular weight is 139 g/mol. The minimum atomic E-state index is 0.609. The fraction of sp³-hybridized carbons (Fsp3) is 1.00. The van der Waals surface area contributed by atoms with Gasteiger partial charge in [-0.3, -0.25) is 4.90 Å². The highest BCUT2D eigenvalue weighted by Crippen LogP contribution is 2.49. The molecule has 2 fully saturated rings. The van der Waals surface area contributed by atoms with E-state index < -0.39 is 0 Å². The molecule has 0 amide bonds. The van der Waals surface area contributed by atoms with E-state index in [2.05, 4.69) is 25.8 Å². The summed E-state index contributed by atoms with van der Waals surface area (Å²) in [6, 6.07) is 1.87. The van der Waals surface area contributed by atoms with Gasteiger partial charge in [-0.1, -0.05) is 20.3 Å². The molecule has 0 aromatic carbocycles. The van der Waals surface area contributed by atoms with Crippen LogP contribution in [0.4, 0.5) is 0 Å². The van der Waals surface area contributed by atoms with E-state index >= 15 is 0 Å². The van der Waals surface area contributed by atoms with Gasteiger partial charge in [0.1, 0.15) is 0 Å². The zero-order valence-electron chi connectivity index (χ0n) is 7.22. The largest absolute Gasteiger partial charge is 0.297 e. The lowest BCUT2D eigenvalue weighted by Gasteiger charge is -2.27. The zero-order valence-corrected chi connectivity index (χ0v) is 7.22. The first-order valence-electron chi connectivity index (χ1n) is 4.35. The Kier molecular flexibility index (Phi) is 1.17. The Hall–Kier alpha value is -0.0400. The van der Waals surface area contributed by atoms with Crippen molar-refractivity contribution in [1.29, 1.82) is 0 Å². The van der Waals surface area contributed by atoms with E-state index in [1.165, 1.54) is 19.3 Å². The molecule has 1 aliphatic carbocycles. The quantitative estimate of drug-likeness (QED) is 0.463. The van der Waals surface area contributed by atoms with Gasteiger partial charge in [0.25, 0.3) is 0 Å². The molecule has 0 spiro atoms. The number of rotatable bonds is 0. The van der Waals surface area contributed by atoms with E-state index in [4.69, 9.17) is 0 Å². The van der Waals surface area contributed by atoms with Crippen LogP contribution in [0.25, 0.3) is 0 Å². The molecule has 1 aliphatic heterocycles. The monoisotopic (exact) mass is 139 g/mol. The molecule has 0 aromatic rings. The van der Waals surface area contributed by atoms with Crippen molar-refractivity contribution in [3.05, 3.63) is 0 Å². The lowest BCUT2D eigenvalue weighted by molar-refractivity contribution is 0.267. The highest BCUT2D eigenvalue weighted by atomic mass is 15.3. The molecule has 2 aliphatic rings. The standard InChI is InChI=1S/C9H17N/c1-9(2)6-4-5-7-8(9)10(7)3/h7-8H,4-6H2,1-3H3. The maximum absolute atomic E-state index is 2.53. The topological polar surface area (TPSA) is 3.01 Å². The van der Waals surface area contributed by atoms with E-state index in [9.17, 15) is 0 Å². The molecule has 1 saturated heterocycles. The van der Waals surface area contributed by atoms with E-state index in [0.717, 1.165) is 12.1 Å². The number of fused-ring (bicyclic) bond motifs is 1. The first-order chi connectivity index (χ1) is 4.63. The summed E-state index contributed by atoms with van der Waals surface area (Å²) < 4.78 is 0. The molecule has 0 radical (unpaired) electrons. The Morgan fingerprint density at radius 3 is 2.60 bits per heavy atom. The van der Waals surface area contributed by atoms with Crippen molar-refractivity contribution in [1.82, 2.24) is 4.90 Å². The van der Waals surface area contributed by atoms with Crippen LogP contribution < -0.4 is 0 Å². The molecule has 0 aromatic heterocycles. The minimum Gasteiger partial charge on any atom is -0.297 e. The molecular formula is C9H17N. The van der Waals surface area contributed by atoms with Gasteiger partial charge in [0.2, 0.25) is 0 Å². The molecule has 0 N–H and O–H groups in total. The summed E-state index contributed by atoms with van der Waals surface area (Å²) in [5.74, 6) is 0. The summed E-state index contributed by atoms with van der Waals surface area (Å²) in [6.45, 7) is 4.82. The van der Waals surface area contributed by atoms with Crippen molar-refractivity contribution in [3.63, 3.8) is 0 Å². The van der Waals surface area contributed by atoms with Crippen molar-refractivity contribution in [2.45, 2.75) is 45.2 Å². The number of nitrogens with zero attached hydrogens (tertiary/aromatic N) is 1. The van der Waals surface area contributed by atoms with E-state index in [-0.39, 0.29) is 0 Å². The van der Waals surface area contributed by atoms with Crippen molar-refractivity contribution in [3.8, 4) is 0 Å². The highest BCUT2D eigenvalue weighted by molar-refractivity contribution is 5.10. The molecule has 3 atom stereocenters. The summed E-state index contributed by atoms with van der Waals surface area (Å²) >= 11 is 0. The van der Waals surface area contributed by atoms with Crippen LogP contribution in [0.5, 0.6) is 0 Å². The third kappa shape index (κ3) is 0.731. The normalized spacial score (nSPS) is 50.1. The first kappa shape index (κ1) is 6.66. The van der Waals surface area contributed by atoms with Crippen LogP contribution in [-0.2, 0) is 0 Å². The average Bonchev–Trinajstić information content (AvgIpc) is 2.43. The van der Waals surface area contributed by atoms with Crippen LogP contribution in [0.2, 0.25) is 0 Å². The Labute approximate surface area is 63.4 Å². The van der Waals surface area contributed by atoms with Gasteiger partial charge in [-0.05, 0) is 25.3 Å². The summed E-state index contributed by atoms with van der Waals surface area (Å²) in [7, 11) is 2.27. The van der Waals surface area contributed by atoms with E-state index in [1.807, 2.05) is 0 Å². The fourth-order valence-electron chi connectivity index (χ4n) is 2.75.